The number of carbonyl (C=O) groups excluding carboxylic acids is 1. The molecule has 0 fully saturated rings. The van der Waals surface area contributed by atoms with Gasteiger partial charge in [0.15, 0.2) is 11.5 Å². The van der Waals surface area contributed by atoms with Gasteiger partial charge in [-0.3, -0.25) is 4.79 Å². The van der Waals surface area contributed by atoms with Gasteiger partial charge in [-0.2, -0.15) is 5.26 Å². The Kier molecular flexibility index (Phi) is 5.72. The predicted octanol–water partition coefficient (Wildman–Crippen LogP) is 3.97. The quantitative estimate of drug-likeness (QED) is 0.678. The van der Waals surface area contributed by atoms with Crippen LogP contribution in [0.25, 0.3) is 0 Å². The number of nitrogens with zero attached hydrogens (tertiary/aromatic N) is 2. The highest BCUT2D eigenvalue weighted by Crippen LogP contribution is 2.30. The van der Waals surface area contributed by atoms with Gasteiger partial charge in [-0.1, -0.05) is 12.1 Å². The van der Waals surface area contributed by atoms with Crippen molar-refractivity contribution in [2.24, 2.45) is 0 Å². The van der Waals surface area contributed by atoms with Gasteiger partial charge < -0.3 is 20.1 Å². The summed E-state index contributed by atoms with van der Waals surface area (Å²) in [6.07, 6.45) is 1.47. The van der Waals surface area contributed by atoms with Crippen molar-refractivity contribution in [2.45, 2.75) is 0 Å². The lowest BCUT2D eigenvalue weighted by atomic mass is 10.2. The molecule has 0 aliphatic heterocycles. The molecule has 0 spiro atoms. The van der Waals surface area contributed by atoms with Crippen molar-refractivity contribution in [3.63, 3.8) is 0 Å². The average Bonchev–Trinajstić information content (AvgIpc) is 2.74. The minimum absolute atomic E-state index is 0.340. The molecule has 3 rings (SSSR count). The highest BCUT2D eigenvalue weighted by molar-refractivity contribution is 6.04. The first kappa shape index (κ1) is 18.7. The summed E-state index contributed by atoms with van der Waals surface area (Å²) in [5, 5.41) is 15.0. The zero-order valence-corrected chi connectivity index (χ0v) is 15.4. The summed E-state index contributed by atoms with van der Waals surface area (Å²) in [4.78, 5) is 16.7. The summed E-state index contributed by atoms with van der Waals surface area (Å²) < 4.78 is 10.5. The van der Waals surface area contributed by atoms with Crippen molar-refractivity contribution in [2.75, 3.05) is 24.9 Å². The van der Waals surface area contributed by atoms with Crippen LogP contribution in [0.3, 0.4) is 0 Å². The Balaban J connectivity index is 1.71. The van der Waals surface area contributed by atoms with Gasteiger partial charge in [-0.05, 0) is 36.4 Å². The number of anilines is 3. The highest BCUT2D eigenvalue weighted by Gasteiger charge is 2.10. The van der Waals surface area contributed by atoms with Crippen LogP contribution in [0.15, 0.2) is 60.8 Å². The Morgan fingerprint density at radius 3 is 2.50 bits per heavy atom. The number of nitrogens with one attached hydrogen (secondary N) is 2. The van der Waals surface area contributed by atoms with Gasteiger partial charge in [0.2, 0.25) is 0 Å². The molecule has 1 aromatic heterocycles. The standard InChI is InChI=1S/C21H18N4O3/c1-27-18-9-8-16(11-19(18)28-2)24-20-10-7-15(13-23-20)21(26)25-17-6-4-3-5-14(17)12-22/h3-11,13H,1-2H3,(H,23,24)(H,25,26). The number of ether oxygens (including phenoxy) is 2. The molecule has 0 unspecified atom stereocenters. The van der Waals surface area contributed by atoms with Gasteiger partial charge in [0.1, 0.15) is 11.9 Å². The molecule has 140 valence electrons. The molecule has 7 heteroatoms. The van der Waals surface area contributed by atoms with E-state index in [4.69, 9.17) is 14.7 Å². The minimum atomic E-state index is -0.340. The number of aromatic nitrogens is 1. The second kappa shape index (κ2) is 8.56. The number of benzene rings is 2. The molecule has 7 nitrogen and oxygen atoms in total. The number of pyridine rings is 1. The molecule has 1 amide bonds. The van der Waals surface area contributed by atoms with Crippen LogP contribution in [0, 0.1) is 11.3 Å². The first-order valence-corrected chi connectivity index (χ1v) is 8.40. The molecule has 2 N–H and O–H groups in total. The zero-order chi connectivity index (χ0) is 19.9. The monoisotopic (exact) mass is 374 g/mol. The topological polar surface area (TPSA) is 96.3 Å². The Morgan fingerprint density at radius 2 is 1.82 bits per heavy atom. The van der Waals surface area contributed by atoms with Gasteiger partial charge in [0.25, 0.3) is 5.91 Å². The van der Waals surface area contributed by atoms with E-state index in [-0.39, 0.29) is 5.91 Å². The van der Waals surface area contributed by atoms with E-state index in [9.17, 15) is 4.79 Å². The summed E-state index contributed by atoms with van der Waals surface area (Å²) >= 11 is 0. The lowest BCUT2D eigenvalue weighted by Gasteiger charge is -2.11. The number of carbonyl (C=O) groups is 1. The molecule has 2 aromatic carbocycles. The smallest absolute Gasteiger partial charge is 0.257 e. The van der Waals surface area contributed by atoms with Gasteiger partial charge in [-0.25, -0.2) is 4.98 Å². The first-order valence-electron chi connectivity index (χ1n) is 8.40. The van der Waals surface area contributed by atoms with Gasteiger partial charge in [0.05, 0.1) is 31.0 Å². The average molecular weight is 374 g/mol. The van der Waals surface area contributed by atoms with E-state index in [2.05, 4.69) is 15.6 Å². The maximum atomic E-state index is 12.4. The van der Waals surface area contributed by atoms with Crippen LogP contribution in [0.4, 0.5) is 17.2 Å². The van der Waals surface area contributed by atoms with Crippen LogP contribution in [0.5, 0.6) is 11.5 Å². The molecule has 28 heavy (non-hydrogen) atoms. The van der Waals surface area contributed by atoms with E-state index in [1.54, 1.807) is 62.8 Å². The molecule has 3 aromatic rings. The van der Waals surface area contributed by atoms with Crippen molar-refractivity contribution in [1.82, 2.24) is 4.98 Å². The molecule has 0 saturated carbocycles. The Bertz CT molecular complexity index is 1030. The maximum absolute atomic E-state index is 12.4. The predicted molar refractivity (Wildman–Crippen MR) is 106 cm³/mol. The summed E-state index contributed by atoms with van der Waals surface area (Å²) in [6, 6.07) is 17.6. The molecule has 0 bridgehead atoms. The molecule has 0 radical (unpaired) electrons. The highest BCUT2D eigenvalue weighted by atomic mass is 16.5. The number of methoxy groups -OCH3 is 2. The van der Waals surface area contributed by atoms with Crippen LogP contribution in [0.1, 0.15) is 15.9 Å². The molecule has 0 aliphatic carbocycles. The van der Waals surface area contributed by atoms with E-state index in [0.717, 1.165) is 5.69 Å². The third-order valence-electron chi connectivity index (χ3n) is 3.98. The fourth-order valence-electron chi connectivity index (χ4n) is 2.55. The molecule has 1 heterocycles. The third-order valence-corrected chi connectivity index (χ3v) is 3.98. The van der Waals surface area contributed by atoms with Crippen molar-refractivity contribution < 1.29 is 14.3 Å². The van der Waals surface area contributed by atoms with Crippen molar-refractivity contribution in [1.29, 1.82) is 5.26 Å². The number of hydrogen-bond donors (Lipinski definition) is 2. The van der Waals surface area contributed by atoms with Crippen LogP contribution in [-0.4, -0.2) is 25.1 Å². The van der Waals surface area contributed by atoms with Gasteiger partial charge >= 0.3 is 0 Å². The Labute approximate surface area is 162 Å². The maximum Gasteiger partial charge on any atom is 0.257 e. The van der Waals surface area contributed by atoms with Crippen molar-refractivity contribution in [3.8, 4) is 17.6 Å². The second-order valence-electron chi connectivity index (χ2n) is 5.74. The summed E-state index contributed by atoms with van der Waals surface area (Å²) in [5.41, 5.74) is 2.01. The SMILES string of the molecule is COc1ccc(Nc2ccc(C(=O)Nc3ccccc3C#N)cn2)cc1OC. The molecular weight excluding hydrogens is 356 g/mol. The number of nitriles is 1. The molecule has 0 aliphatic rings. The summed E-state index contributed by atoms with van der Waals surface area (Å²) in [5.74, 6) is 1.46. The Hall–Kier alpha value is -4.05. The molecular formula is C21H18N4O3. The van der Waals surface area contributed by atoms with E-state index in [1.165, 1.54) is 6.20 Å². The van der Waals surface area contributed by atoms with E-state index < -0.39 is 0 Å². The number of hydrogen-bond acceptors (Lipinski definition) is 6. The number of para-hydroxylation sites is 1. The summed E-state index contributed by atoms with van der Waals surface area (Å²) in [6.45, 7) is 0. The number of amides is 1. The lowest BCUT2D eigenvalue weighted by Crippen LogP contribution is -2.13. The summed E-state index contributed by atoms with van der Waals surface area (Å²) in [7, 11) is 3.14. The fraction of sp³-hybridized carbons (Fsp3) is 0.0952. The van der Waals surface area contributed by atoms with Crippen molar-refractivity contribution >= 4 is 23.1 Å². The van der Waals surface area contributed by atoms with E-state index in [1.807, 2.05) is 12.1 Å². The largest absolute Gasteiger partial charge is 0.493 e. The van der Waals surface area contributed by atoms with Crippen molar-refractivity contribution in [3.05, 3.63) is 71.9 Å². The Morgan fingerprint density at radius 1 is 1.04 bits per heavy atom. The van der Waals surface area contributed by atoms with Crippen LogP contribution in [-0.2, 0) is 0 Å². The normalized spacial score (nSPS) is 9.89. The lowest BCUT2D eigenvalue weighted by molar-refractivity contribution is 0.102. The third kappa shape index (κ3) is 4.19. The van der Waals surface area contributed by atoms with E-state index in [0.29, 0.717) is 34.1 Å². The minimum Gasteiger partial charge on any atom is -0.493 e. The second-order valence-corrected chi connectivity index (χ2v) is 5.74. The zero-order valence-electron chi connectivity index (χ0n) is 15.4. The van der Waals surface area contributed by atoms with Gasteiger partial charge in [0, 0.05) is 18.0 Å². The van der Waals surface area contributed by atoms with Crippen LogP contribution in [0.2, 0.25) is 0 Å². The van der Waals surface area contributed by atoms with Gasteiger partial charge in [-0.15, -0.1) is 0 Å². The fourth-order valence-corrected chi connectivity index (χ4v) is 2.55. The first-order chi connectivity index (χ1) is 13.6. The van der Waals surface area contributed by atoms with Crippen LogP contribution < -0.4 is 20.1 Å². The molecule has 0 saturated heterocycles. The number of rotatable bonds is 6. The van der Waals surface area contributed by atoms with E-state index >= 15 is 0 Å². The molecule has 0 atom stereocenters. The van der Waals surface area contributed by atoms with Crippen LogP contribution >= 0.6 is 0 Å².